The van der Waals surface area contributed by atoms with E-state index in [9.17, 15) is 0 Å². The number of rotatable bonds is 2. The zero-order chi connectivity index (χ0) is 15.6. The molecule has 23 heavy (non-hydrogen) atoms. The number of ether oxygens (including phenoxy) is 1. The molecule has 0 radical (unpaired) electrons. The van der Waals surface area contributed by atoms with Crippen molar-refractivity contribution >= 4 is 5.76 Å². The lowest BCUT2D eigenvalue weighted by Gasteiger charge is -2.26. The molecular weight excluding hydrogens is 280 g/mol. The summed E-state index contributed by atoms with van der Waals surface area (Å²) in [5, 5.41) is 0. The lowest BCUT2D eigenvalue weighted by molar-refractivity contribution is 0.492. The molecule has 1 aliphatic rings. The van der Waals surface area contributed by atoms with Gasteiger partial charge in [-0.25, -0.2) is 0 Å². The summed E-state index contributed by atoms with van der Waals surface area (Å²) < 4.78 is 6.17. The molecule has 1 heteroatoms. The Bertz CT molecular complexity index is 862. The molecule has 0 amide bonds. The highest BCUT2D eigenvalue weighted by Gasteiger charge is 2.24. The topological polar surface area (TPSA) is 9.23 Å². The summed E-state index contributed by atoms with van der Waals surface area (Å²) in [6.07, 6.45) is 2.24. The SMILES string of the molecule is Cc1ccccc1C1C=C(c2ccccc2)Oc2ccccc21. The first kappa shape index (κ1) is 13.8. The van der Waals surface area contributed by atoms with Crippen molar-refractivity contribution in [1.82, 2.24) is 0 Å². The van der Waals surface area contributed by atoms with E-state index in [4.69, 9.17) is 4.74 Å². The molecule has 1 nitrogen and oxygen atoms in total. The summed E-state index contributed by atoms with van der Waals surface area (Å²) >= 11 is 0. The van der Waals surface area contributed by atoms with Crippen LogP contribution in [0.2, 0.25) is 0 Å². The molecule has 3 aromatic carbocycles. The summed E-state index contributed by atoms with van der Waals surface area (Å²) in [6.45, 7) is 2.17. The third-order valence-corrected chi connectivity index (χ3v) is 4.37. The highest BCUT2D eigenvalue weighted by molar-refractivity contribution is 5.68. The largest absolute Gasteiger partial charge is 0.457 e. The summed E-state index contributed by atoms with van der Waals surface area (Å²) in [4.78, 5) is 0. The van der Waals surface area contributed by atoms with E-state index in [1.807, 2.05) is 24.3 Å². The van der Waals surface area contributed by atoms with Crippen LogP contribution < -0.4 is 4.74 Å². The Labute approximate surface area is 136 Å². The van der Waals surface area contributed by atoms with Crippen molar-refractivity contribution in [1.29, 1.82) is 0 Å². The first-order chi connectivity index (χ1) is 11.3. The van der Waals surface area contributed by atoms with Crippen molar-refractivity contribution in [2.75, 3.05) is 0 Å². The number of benzene rings is 3. The predicted octanol–water partition coefficient (Wildman–Crippen LogP) is 5.56. The van der Waals surface area contributed by atoms with E-state index in [-0.39, 0.29) is 5.92 Å². The van der Waals surface area contributed by atoms with Crippen molar-refractivity contribution in [2.45, 2.75) is 12.8 Å². The van der Waals surface area contributed by atoms with E-state index in [2.05, 4.69) is 67.6 Å². The van der Waals surface area contributed by atoms with Gasteiger partial charge in [-0.3, -0.25) is 0 Å². The minimum absolute atomic E-state index is 0.219. The maximum Gasteiger partial charge on any atom is 0.131 e. The van der Waals surface area contributed by atoms with Gasteiger partial charge in [0.25, 0.3) is 0 Å². The van der Waals surface area contributed by atoms with Crippen molar-refractivity contribution in [3.05, 3.63) is 107 Å². The van der Waals surface area contributed by atoms with Gasteiger partial charge in [0.2, 0.25) is 0 Å². The molecule has 0 saturated heterocycles. The summed E-state index contributed by atoms with van der Waals surface area (Å²) in [7, 11) is 0. The monoisotopic (exact) mass is 298 g/mol. The fourth-order valence-electron chi connectivity index (χ4n) is 3.17. The standard InChI is InChI=1S/C22H18O/c1-16-9-5-6-12-18(16)20-15-22(17-10-3-2-4-11-17)23-21-14-8-7-13-19(20)21/h2-15,20H,1H3. The van der Waals surface area contributed by atoms with Gasteiger partial charge in [0.1, 0.15) is 11.5 Å². The van der Waals surface area contributed by atoms with Crippen molar-refractivity contribution in [3.8, 4) is 5.75 Å². The van der Waals surface area contributed by atoms with Gasteiger partial charge in [-0.2, -0.15) is 0 Å². The van der Waals surface area contributed by atoms with E-state index in [1.165, 1.54) is 16.7 Å². The average molecular weight is 298 g/mol. The summed E-state index contributed by atoms with van der Waals surface area (Å²) in [5.74, 6) is 2.09. The Morgan fingerprint density at radius 3 is 2.13 bits per heavy atom. The third-order valence-electron chi connectivity index (χ3n) is 4.37. The number of hydrogen-bond acceptors (Lipinski definition) is 1. The lowest BCUT2D eigenvalue weighted by Crippen LogP contribution is -2.11. The molecule has 0 fully saturated rings. The Kier molecular flexibility index (Phi) is 3.47. The van der Waals surface area contributed by atoms with Crippen LogP contribution in [0.25, 0.3) is 5.76 Å². The van der Waals surface area contributed by atoms with Crippen LogP contribution in [0.15, 0.2) is 84.9 Å². The Balaban J connectivity index is 1.88. The van der Waals surface area contributed by atoms with Gasteiger partial charge in [0, 0.05) is 17.0 Å². The van der Waals surface area contributed by atoms with Crippen LogP contribution in [-0.2, 0) is 0 Å². The van der Waals surface area contributed by atoms with Gasteiger partial charge in [-0.05, 0) is 30.2 Å². The second-order valence-electron chi connectivity index (χ2n) is 5.87. The molecule has 1 unspecified atom stereocenters. The molecular formula is C22H18O. The minimum Gasteiger partial charge on any atom is -0.457 e. The molecule has 0 spiro atoms. The Morgan fingerprint density at radius 2 is 1.35 bits per heavy atom. The highest BCUT2D eigenvalue weighted by atomic mass is 16.5. The van der Waals surface area contributed by atoms with Crippen LogP contribution in [0, 0.1) is 6.92 Å². The van der Waals surface area contributed by atoms with Crippen molar-refractivity contribution < 1.29 is 4.74 Å². The maximum atomic E-state index is 6.17. The van der Waals surface area contributed by atoms with E-state index < -0.39 is 0 Å². The van der Waals surface area contributed by atoms with Crippen LogP contribution in [0.4, 0.5) is 0 Å². The van der Waals surface area contributed by atoms with Crippen molar-refractivity contribution in [3.63, 3.8) is 0 Å². The van der Waals surface area contributed by atoms with Crippen LogP contribution in [0.5, 0.6) is 5.75 Å². The van der Waals surface area contributed by atoms with Gasteiger partial charge >= 0.3 is 0 Å². The number of para-hydroxylation sites is 1. The van der Waals surface area contributed by atoms with Crippen LogP contribution in [-0.4, -0.2) is 0 Å². The molecule has 0 aliphatic carbocycles. The summed E-state index contributed by atoms with van der Waals surface area (Å²) in [5.41, 5.74) is 4.97. The first-order valence-corrected chi connectivity index (χ1v) is 7.92. The Hall–Kier alpha value is -2.80. The van der Waals surface area contributed by atoms with Gasteiger partial charge < -0.3 is 4.74 Å². The van der Waals surface area contributed by atoms with Gasteiger partial charge in [0.05, 0.1) is 0 Å². The normalized spacial score (nSPS) is 16.2. The number of fused-ring (bicyclic) bond motifs is 1. The first-order valence-electron chi connectivity index (χ1n) is 7.92. The number of hydrogen-bond donors (Lipinski definition) is 0. The zero-order valence-corrected chi connectivity index (χ0v) is 13.1. The van der Waals surface area contributed by atoms with E-state index in [0.717, 1.165) is 17.1 Å². The smallest absolute Gasteiger partial charge is 0.131 e. The molecule has 1 atom stereocenters. The third kappa shape index (κ3) is 2.55. The Morgan fingerprint density at radius 1 is 0.696 bits per heavy atom. The van der Waals surface area contributed by atoms with Crippen LogP contribution in [0.3, 0.4) is 0 Å². The molecule has 4 rings (SSSR count). The molecule has 112 valence electrons. The molecule has 3 aromatic rings. The fourth-order valence-corrected chi connectivity index (χ4v) is 3.17. The highest BCUT2D eigenvalue weighted by Crippen LogP contribution is 2.41. The quantitative estimate of drug-likeness (QED) is 0.602. The molecule has 0 bridgehead atoms. The van der Waals surface area contributed by atoms with E-state index in [1.54, 1.807) is 0 Å². The summed E-state index contributed by atoms with van der Waals surface area (Å²) in [6, 6.07) is 27.2. The average Bonchev–Trinajstić information content (AvgIpc) is 2.62. The molecule has 0 aromatic heterocycles. The van der Waals surface area contributed by atoms with Gasteiger partial charge in [-0.1, -0.05) is 72.8 Å². The zero-order valence-electron chi connectivity index (χ0n) is 13.1. The number of allylic oxidation sites excluding steroid dienone is 1. The number of aryl methyl sites for hydroxylation is 1. The van der Waals surface area contributed by atoms with Crippen LogP contribution >= 0.6 is 0 Å². The van der Waals surface area contributed by atoms with Gasteiger partial charge in [-0.15, -0.1) is 0 Å². The second kappa shape index (κ2) is 5.77. The molecule has 0 N–H and O–H groups in total. The van der Waals surface area contributed by atoms with Crippen LogP contribution in [0.1, 0.15) is 28.2 Å². The van der Waals surface area contributed by atoms with E-state index in [0.29, 0.717) is 0 Å². The molecule has 1 aliphatic heterocycles. The minimum atomic E-state index is 0.219. The lowest BCUT2D eigenvalue weighted by atomic mass is 9.85. The van der Waals surface area contributed by atoms with E-state index >= 15 is 0 Å². The second-order valence-corrected chi connectivity index (χ2v) is 5.87. The van der Waals surface area contributed by atoms with Gasteiger partial charge in [0.15, 0.2) is 0 Å². The molecule has 0 saturated carbocycles. The molecule has 1 heterocycles. The predicted molar refractivity (Wildman–Crippen MR) is 94.5 cm³/mol. The van der Waals surface area contributed by atoms with Crippen molar-refractivity contribution in [2.24, 2.45) is 0 Å². The fraction of sp³-hybridized carbons (Fsp3) is 0.0909. The maximum absolute atomic E-state index is 6.17.